The first-order valence-corrected chi connectivity index (χ1v) is 10.1. The Balaban J connectivity index is 1.44. The molecule has 1 atom stereocenters. The molecule has 0 radical (unpaired) electrons. The number of anilines is 1. The van der Waals surface area contributed by atoms with E-state index in [-0.39, 0.29) is 11.9 Å². The average Bonchev–Trinajstić information content (AvgIpc) is 2.68. The number of rotatable bonds is 4. The zero-order chi connectivity index (χ0) is 19.2. The van der Waals surface area contributed by atoms with Gasteiger partial charge in [-0.25, -0.2) is 4.79 Å². The normalized spacial score (nSPS) is 21.2. The molecule has 1 unspecified atom stereocenters. The molecule has 1 aromatic carbocycles. The third kappa shape index (κ3) is 5.70. The zero-order valence-corrected chi connectivity index (χ0v) is 16.6. The minimum Gasteiger partial charge on any atom is -0.340 e. The summed E-state index contributed by atoms with van der Waals surface area (Å²) in [6, 6.07) is 7.83. The number of carbonyl (C=O) groups is 2. The standard InChI is InChI=1S/C21H32N4O2/c1-17-5-8-19(9-6-17)22-21(27)25-11-3-4-18(16-25)7-10-20(26)24-14-12-23(2)13-15-24/h5-6,8-9,18H,3-4,7,10-16H2,1-2H3,(H,22,27). The van der Waals surface area contributed by atoms with Gasteiger partial charge in [-0.2, -0.15) is 0 Å². The zero-order valence-electron chi connectivity index (χ0n) is 16.6. The van der Waals surface area contributed by atoms with Gasteiger partial charge in [0, 0.05) is 51.4 Å². The molecule has 6 nitrogen and oxygen atoms in total. The molecule has 2 aliphatic rings. The fraction of sp³-hybridized carbons (Fsp3) is 0.619. The molecule has 2 fully saturated rings. The van der Waals surface area contributed by atoms with Gasteiger partial charge in [-0.05, 0) is 51.3 Å². The number of urea groups is 1. The first-order chi connectivity index (χ1) is 13.0. The third-order valence-corrected chi connectivity index (χ3v) is 5.73. The molecule has 0 aliphatic carbocycles. The molecular formula is C21H32N4O2. The van der Waals surface area contributed by atoms with Gasteiger partial charge < -0.3 is 20.0 Å². The maximum Gasteiger partial charge on any atom is 0.321 e. The number of aryl methyl sites for hydroxylation is 1. The number of benzene rings is 1. The second-order valence-electron chi connectivity index (χ2n) is 7.97. The molecule has 6 heteroatoms. The Morgan fingerprint density at radius 1 is 1.04 bits per heavy atom. The van der Waals surface area contributed by atoms with Crippen LogP contribution in [0.2, 0.25) is 0 Å². The predicted molar refractivity (Wildman–Crippen MR) is 108 cm³/mol. The molecule has 0 spiro atoms. The number of piperidine rings is 1. The van der Waals surface area contributed by atoms with E-state index in [0.717, 1.165) is 64.2 Å². The lowest BCUT2D eigenvalue weighted by molar-refractivity contribution is -0.133. The van der Waals surface area contributed by atoms with Crippen molar-refractivity contribution in [2.24, 2.45) is 5.92 Å². The van der Waals surface area contributed by atoms with Crippen LogP contribution in [0.4, 0.5) is 10.5 Å². The summed E-state index contributed by atoms with van der Waals surface area (Å²) in [6.07, 6.45) is 3.58. The summed E-state index contributed by atoms with van der Waals surface area (Å²) >= 11 is 0. The molecule has 0 saturated carbocycles. The highest BCUT2D eigenvalue weighted by molar-refractivity contribution is 5.89. The Bertz CT molecular complexity index is 638. The molecule has 2 aliphatic heterocycles. The maximum atomic E-state index is 12.5. The van der Waals surface area contributed by atoms with Gasteiger partial charge in [-0.1, -0.05) is 17.7 Å². The Labute approximate surface area is 162 Å². The van der Waals surface area contributed by atoms with Crippen LogP contribution < -0.4 is 5.32 Å². The van der Waals surface area contributed by atoms with Gasteiger partial charge in [0.2, 0.25) is 5.91 Å². The molecule has 27 heavy (non-hydrogen) atoms. The van der Waals surface area contributed by atoms with Crippen molar-refractivity contribution in [1.82, 2.24) is 14.7 Å². The number of piperazine rings is 1. The lowest BCUT2D eigenvalue weighted by atomic mass is 9.93. The maximum absolute atomic E-state index is 12.5. The van der Waals surface area contributed by atoms with Crippen molar-refractivity contribution in [2.45, 2.75) is 32.6 Å². The molecule has 2 heterocycles. The van der Waals surface area contributed by atoms with Crippen LogP contribution in [0.25, 0.3) is 0 Å². The topological polar surface area (TPSA) is 55.9 Å². The molecular weight excluding hydrogens is 340 g/mol. The first kappa shape index (κ1) is 19.7. The summed E-state index contributed by atoms with van der Waals surface area (Å²) in [5.41, 5.74) is 2.01. The summed E-state index contributed by atoms with van der Waals surface area (Å²) in [5, 5.41) is 2.99. The van der Waals surface area contributed by atoms with E-state index in [4.69, 9.17) is 0 Å². The monoisotopic (exact) mass is 372 g/mol. The highest BCUT2D eigenvalue weighted by atomic mass is 16.2. The fourth-order valence-electron chi connectivity index (χ4n) is 3.87. The molecule has 3 rings (SSSR count). The Morgan fingerprint density at radius 2 is 1.74 bits per heavy atom. The molecule has 2 saturated heterocycles. The number of nitrogens with one attached hydrogen (secondary N) is 1. The van der Waals surface area contributed by atoms with Crippen molar-refractivity contribution in [1.29, 1.82) is 0 Å². The van der Waals surface area contributed by atoms with Crippen molar-refractivity contribution in [3.05, 3.63) is 29.8 Å². The van der Waals surface area contributed by atoms with Crippen molar-refractivity contribution >= 4 is 17.6 Å². The lowest BCUT2D eigenvalue weighted by Gasteiger charge is -2.34. The van der Waals surface area contributed by atoms with Crippen LogP contribution in [0.1, 0.15) is 31.2 Å². The van der Waals surface area contributed by atoms with E-state index in [0.29, 0.717) is 12.3 Å². The lowest BCUT2D eigenvalue weighted by Crippen LogP contribution is -2.47. The Morgan fingerprint density at radius 3 is 2.44 bits per heavy atom. The second-order valence-corrected chi connectivity index (χ2v) is 7.97. The van der Waals surface area contributed by atoms with Crippen LogP contribution in [-0.4, -0.2) is 73.0 Å². The first-order valence-electron chi connectivity index (χ1n) is 10.1. The van der Waals surface area contributed by atoms with Crippen molar-refractivity contribution in [3.63, 3.8) is 0 Å². The Hall–Kier alpha value is -2.08. The molecule has 148 valence electrons. The van der Waals surface area contributed by atoms with Crippen LogP contribution in [0, 0.1) is 12.8 Å². The Kier molecular flexibility index (Phi) is 6.72. The van der Waals surface area contributed by atoms with Gasteiger partial charge in [-0.15, -0.1) is 0 Å². The van der Waals surface area contributed by atoms with E-state index in [1.165, 1.54) is 5.56 Å². The van der Waals surface area contributed by atoms with Gasteiger partial charge >= 0.3 is 6.03 Å². The highest BCUT2D eigenvalue weighted by Crippen LogP contribution is 2.22. The molecule has 0 aromatic heterocycles. The van der Waals surface area contributed by atoms with Gasteiger partial charge in [0.05, 0.1) is 0 Å². The van der Waals surface area contributed by atoms with Gasteiger partial charge in [0.1, 0.15) is 0 Å². The molecule has 0 bridgehead atoms. The minimum atomic E-state index is -0.0334. The number of hydrogen-bond acceptors (Lipinski definition) is 3. The predicted octanol–water partition coefficient (Wildman–Crippen LogP) is 2.79. The average molecular weight is 373 g/mol. The number of likely N-dealkylation sites (tertiary alicyclic amines) is 1. The van der Waals surface area contributed by atoms with Gasteiger partial charge in [-0.3, -0.25) is 4.79 Å². The number of amides is 3. The summed E-state index contributed by atoms with van der Waals surface area (Å²) in [4.78, 5) is 31.1. The number of likely N-dealkylation sites (N-methyl/N-ethyl adjacent to an activating group) is 1. The van der Waals surface area contributed by atoms with E-state index in [1.54, 1.807) is 0 Å². The SMILES string of the molecule is Cc1ccc(NC(=O)N2CCCC(CCC(=O)N3CCN(C)CC3)C2)cc1. The summed E-state index contributed by atoms with van der Waals surface area (Å²) in [5.74, 6) is 0.684. The molecule has 1 N–H and O–H groups in total. The van der Waals surface area contributed by atoms with E-state index in [2.05, 4.69) is 17.3 Å². The van der Waals surface area contributed by atoms with Crippen molar-refractivity contribution < 1.29 is 9.59 Å². The van der Waals surface area contributed by atoms with E-state index >= 15 is 0 Å². The quantitative estimate of drug-likeness (QED) is 0.884. The van der Waals surface area contributed by atoms with Gasteiger partial charge in [0.25, 0.3) is 0 Å². The third-order valence-electron chi connectivity index (χ3n) is 5.73. The van der Waals surface area contributed by atoms with Crippen LogP contribution in [0.3, 0.4) is 0 Å². The minimum absolute atomic E-state index is 0.0334. The van der Waals surface area contributed by atoms with Crippen LogP contribution in [-0.2, 0) is 4.79 Å². The van der Waals surface area contributed by atoms with Crippen molar-refractivity contribution in [2.75, 3.05) is 51.6 Å². The number of nitrogens with zero attached hydrogens (tertiary/aromatic N) is 3. The number of hydrogen-bond donors (Lipinski definition) is 1. The van der Waals surface area contributed by atoms with E-state index in [1.807, 2.05) is 41.0 Å². The second kappa shape index (κ2) is 9.22. The van der Waals surface area contributed by atoms with Crippen LogP contribution in [0.5, 0.6) is 0 Å². The summed E-state index contributed by atoms with van der Waals surface area (Å²) in [6.45, 7) is 7.17. The summed E-state index contributed by atoms with van der Waals surface area (Å²) < 4.78 is 0. The van der Waals surface area contributed by atoms with Crippen molar-refractivity contribution in [3.8, 4) is 0 Å². The summed E-state index contributed by atoms with van der Waals surface area (Å²) in [7, 11) is 2.10. The van der Waals surface area contributed by atoms with E-state index in [9.17, 15) is 9.59 Å². The van der Waals surface area contributed by atoms with Gasteiger partial charge in [0.15, 0.2) is 0 Å². The molecule has 3 amide bonds. The fourth-order valence-corrected chi connectivity index (χ4v) is 3.87. The van der Waals surface area contributed by atoms with E-state index < -0.39 is 0 Å². The van der Waals surface area contributed by atoms with Crippen LogP contribution >= 0.6 is 0 Å². The van der Waals surface area contributed by atoms with Crippen LogP contribution in [0.15, 0.2) is 24.3 Å². The smallest absolute Gasteiger partial charge is 0.321 e. The highest BCUT2D eigenvalue weighted by Gasteiger charge is 2.25. The largest absolute Gasteiger partial charge is 0.340 e. The molecule has 1 aromatic rings. The number of carbonyl (C=O) groups excluding carboxylic acids is 2.